The zero-order valence-corrected chi connectivity index (χ0v) is 14.8. The summed E-state index contributed by atoms with van der Waals surface area (Å²) in [5, 5.41) is 2.76. The van der Waals surface area contributed by atoms with Crippen LogP contribution in [0.3, 0.4) is 0 Å². The van der Waals surface area contributed by atoms with Crippen LogP contribution in [-0.4, -0.2) is 19.6 Å². The number of methoxy groups -OCH3 is 1. The third kappa shape index (κ3) is 6.37. The molecule has 2 rings (SSSR count). The van der Waals surface area contributed by atoms with Crippen molar-refractivity contribution in [3.05, 3.63) is 54.0 Å². The third-order valence-corrected chi connectivity index (χ3v) is 3.64. The lowest BCUT2D eigenvalue weighted by atomic mass is 10.2. The molecule has 1 aromatic carbocycles. The number of furan rings is 1. The lowest BCUT2D eigenvalue weighted by molar-refractivity contribution is -0.116. The number of ether oxygens (including phenoxy) is 2. The first-order chi connectivity index (χ1) is 12.2. The number of carbonyl (C=O) groups excluding carboxylic acids is 1. The lowest BCUT2D eigenvalue weighted by Gasteiger charge is -2.11. The summed E-state index contributed by atoms with van der Waals surface area (Å²) in [6, 6.07) is 9.22. The minimum atomic E-state index is -0.185. The molecular weight excluding hydrogens is 318 g/mol. The van der Waals surface area contributed by atoms with Gasteiger partial charge in [-0.3, -0.25) is 4.79 Å². The molecule has 1 heterocycles. The van der Waals surface area contributed by atoms with Crippen LogP contribution in [0.2, 0.25) is 0 Å². The first-order valence-corrected chi connectivity index (χ1v) is 8.52. The number of nitrogens with one attached hydrogen (secondary N) is 1. The summed E-state index contributed by atoms with van der Waals surface area (Å²) < 4.78 is 16.3. The van der Waals surface area contributed by atoms with Crippen LogP contribution >= 0.6 is 0 Å². The van der Waals surface area contributed by atoms with Crippen molar-refractivity contribution in [1.29, 1.82) is 0 Å². The van der Waals surface area contributed by atoms with Gasteiger partial charge in [-0.05, 0) is 42.3 Å². The van der Waals surface area contributed by atoms with Crippen LogP contribution in [0.4, 0.5) is 0 Å². The van der Waals surface area contributed by atoms with Crippen molar-refractivity contribution in [1.82, 2.24) is 5.32 Å². The normalized spacial score (nSPS) is 10.8. The highest BCUT2D eigenvalue weighted by molar-refractivity contribution is 5.91. The fraction of sp³-hybridized carbons (Fsp3) is 0.350. The van der Waals surface area contributed by atoms with Gasteiger partial charge in [-0.15, -0.1) is 0 Å². The SMILES string of the molecule is CCCCCOc1ccc(/C=C/C(=O)NCc2ccco2)cc1OC. The third-order valence-electron chi connectivity index (χ3n) is 3.64. The zero-order chi connectivity index (χ0) is 17.9. The summed E-state index contributed by atoms with van der Waals surface area (Å²) in [7, 11) is 1.61. The van der Waals surface area contributed by atoms with Crippen LogP contribution in [0, 0.1) is 0 Å². The van der Waals surface area contributed by atoms with Crippen molar-refractivity contribution >= 4 is 12.0 Å². The second-order valence-electron chi connectivity index (χ2n) is 5.60. The van der Waals surface area contributed by atoms with E-state index in [1.807, 2.05) is 24.3 Å². The van der Waals surface area contributed by atoms with Crippen molar-refractivity contribution in [2.24, 2.45) is 0 Å². The maximum Gasteiger partial charge on any atom is 0.244 e. The van der Waals surface area contributed by atoms with Crippen LogP contribution in [0.15, 0.2) is 47.1 Å². The number of carbonyl (C=O) groups is 1. The smallest absolute Gasteiger partial charge is 0.244 e. The molecule has 134 valence electrons. The van der Waals surface area contributed by atoms with Crippen LogP contribution < -0.4 is 14.8 Å². The van der Waals surface area contributed by atoms with Gasteiger partial charge in [0.1, 0.15) is 5.76 Å². The Balaban J connectivity index is 1.89. The van der Waals surface area contributed by atoms with E-state index in [0.717, 1.165) is 30.6 Å². The van der Waals surface area contributed by atoms with Gasteiger partial charge in [-0.25, -0.2) is 0 Å². The molecule has 0 aliphatic rings. The molecule has 0 saturated carbocycles. The Bertz CT molecular complexity index is 677. The summed E-state index contributed by atoms with van der Waals surface area (Å²) >= 11 is 0. The monoisotopic (exact) mass is 343 g/mol. The standard InChI is InChI=1S/C20H25NO4/c1-3-4-5-12-25-18-10-8-16(14-19(18)23-2)9-11-20(22)21-15-17-7-6-13-24-17/h6-11,13-14H,3-5,12,15H2,1-2H3,(H,21,22)/b11-9+. The molecule has 0 unspecified atom stereocenters. The van der Waals surface area contributed by atoms with Crippen molar-refractivity contribution in [3.8, 4) is 11.5 Å². The molecule has 0 atom stereocenters. The molecule has 0 saturated heterocycles. The topological polar surface area (TPSA) is 60.7 Å². The van der Waals surface area contributed by atoms with Crippen molar-refractivity contribution < 1.29 is 18.7 Å². The molecule has 1 aromatic heterocycles. The van der Waals surface area contributed by atoms with Gasteiger partial charge in [0.25, 0.3) is 0 Å². The Morgan fingerprint density at radius 1 is 1.24 bits per heavy atom. The maximum atomic E-state index is 11.8. The van der Waals surface area contributed by atoms with Crippen LogP contribution in [-0.2, 0) is 11.3 Å². The molecule has 5 nitrogen and oxygen atoms in total. The summed E-state index contributed by atoms with van der Waals surface area (Å²) in [5.74, 6) is 1.91. The molecule has 0 aliphatic heterocycles. The van der Waals surface area contributed by atoms with Gasteiger partial charge >= 0.3 is 0 Å². The second kappa shape index (κ2) is 10.2. The van der Waals surface area contributed by atoms with E-state index < -0.39 is 0 Å². The molecule has 1 N–H and O–H groups in total. The molecule has 0 spiro atoms. The van der Waals surface area contributed by atoms with Crippen LogP contribution in [0.1, 0.15) is 37.5 Å². The van der Waals surface area contributed by atoms with Crippen molar-refractivity contribution in [2.75, 3.05) is 13.7 Å². The molecule has 1 amide bonds. The van der Waals surface area contributed by atoms with E-state index in [1.165, 1.54) is 6.08 Å². The van der Waals surface area contributed by atoms with Gasteiger partial charge in [-0.2, -0.15) is 0 Å². The predicted octanol–water partition coefficient (Wildman–Crippen LogP) is 4.19. The summed E-state index contributed by atoms with van der Waals surface area (Å²) in [6.45, 7) is 3.20. The summed E-state index contributed by atoms with van der Waals surface area (Å²) in [5.41, 5.74) is 0.867. The van der Waals surface area contributed by atoms with Gasteiger partial charge < -0.3 is 19.2 Å². The molecule has 0 fully saturated rings. The van der Waals surface area contributed by atoms with Gasteiger partial charge in [0, 0.05) is 6.08 Å². The number of benzene rings is 1. The number of amides is 1. The summed E-state index contributed by atoms with van der Waals surface area (Å²) in [4.78, 5) is 11.8. The largest absolute Gasteiger partial charge is 0.493 e. The lowest BCUT2D eigenvalue weighted by Crippen LogP contribution is -2.19. The Kier molecular flexibility index (Phi) is 7.63. The molecule has 0 radical (unpaired) electrons. The van der Waals surface area contributed by atoms with Crippen LogP contribution in [0.5, 0.6) is 11.5 Å². The molecule has 0 aliphatic carbocycles. The minimum absolute atomic E-state index is 0.185. The highest BCUT2D eigenvalue weighted by Gasteiger charge is 2.05. The van der Waals surface area contributed by atoms with E-state index in [1.54, 1.807) is 25.5 Å². The number of hydrogen-bond donors (Lipinski definition) is 1. The Hall–Kier alpha value is -2.69. The highest BCUT2D eigenvalue weighted by Crippen LogP contribution is 2.28. The molecule has 2 aromatic rings. The molecular formula is C20H25NO4. The van der Waals surface area contributed by atoms with E-state index in [-0.39, 0.29) is 5.91 Å². The minimum Gasteiger partial charge on any atom is -0.493 e. The Morgan fingerprint density at radius 3 is 2.84 bits per heavy atom. The van der Waals surface area contributed by atoms with E-state index in [4.69, 9.17) is 13.9 Å². The quantitative estimate of drug-likeness (QED) is 0.519. The first-order valence-electron chi connectivity index (χ1n) is 8.52. The number of rotatable bonds is 10. The fourth-order valence-electron chi connectivity index (χ4n) is 2.26. The highest BCUT2D eigenvalue weighted by atomic mass is 16.5. The molecule has 5 heteroatoms. The van der Waals surface area contributed by atoms with E-state index in [2.05, 4.69) is 12.2 Å². The fourth-order valence-corrected chi connectivity index (χ4v) is 2.26. The van der Waals surface area contributed by atoms with Gasteiger partial charge in [-0.1, -0.05) is 25.8 Å². The van der Waals surface area contributed by atoms with Crippen molar-refractivity contribution in [3.63, 3.8) is 0 Å². The van der Waals surface area contributed by atoms with E-state index in [9.17, 15) is 4.79 Å². The Morgan fingerprint density at radius 2 is 2.12 bits per heavy atom. The maximum absolute atomic E-state index is 11.8. The zero-order valence-electron chi connectivity index (χ0n) is 14.8. The Labute approximate surface area is 148 Å². The number of unbranched alkanes of at least 4 members (excludes halogenated alkanes) is 2. The van der Waals surface area contributed by atoms with E-state index >= 15 is 0 Å². The van der Waals surface area contributed by atoms with Crippen LogP contribution in [0.25, 0.3) is 6.08 Å². The average Bonchev–Trinajstić information content (AvgIpc) is 3.16. The average molecular weight is 343 g/mol. The molecule has 25 heavy (non-hydrogen) atoms. The molecule has 0 bridgehead atoms. The summed E-state index contributed by atoms with van der Waals surface area (Å²) in [6.07, 6.45) is 8.13. The van der Waals surface area contributed by atoms with Crippen molar-refractivity contribution in [2.45, 2.75) is 32.7 Å². The second-order valence-corrected chi connectivity index (χ2v) is 5.60. The van der Waals surface area contributed by atoms with Gasteiger partial charge in [0.15, 0.2) is 11.5 Å². The van der Waals surface area contributed by atoms with Gasteiger partial charge in [0.05, 0.1) is 26.5 Å². The van der Waals surface area contributed by atoms with E-state index in [0.29, 0.717) is 24.7 Å². The predicted molar refractivity (Wildman–Crippen MR) is 97.6 cm³/mol. The van der Waals surface area contributed by atoms with Gasteiger partial charge in [0.2, 0.25) is 5.91 Å². The first kappa shape index (κ1) is 18.6. The number of hydrogen-bond acceptors (Lipinski definition) is 4.